The van der Waals surface area contributed by atoms with Crippen molar-refractivity contribution in [1.82, 2.24) is 10.2 Å². The molecule has 0 aliphatic rings. The van der Waals surface area contributed by atoms with Crippen LogP contribution in [0.25, 0.3) is 0 Å². The number of carbonyl (C=O) groups excluding carboxylic acids is 2. The molecule has 1 aromatic rings. The molecule has 0 aromatic carbocycles. The van der Waals surface area contributed by atoms with E-state index in [1.165, 1.54) is 0 Å². The number of nitrogens with one attached hydrogen (secondary N) is 1. The number of amides is 1. The number of hydrogen-bond acceptors (Lipinski definition) is 5. The molecule has 1 N–H and O–H groups in total. The normalized spacial score (nSPS) is 10.8. The van der Waals surface area contributed by atoms with Gasteiger partial charge in [0, 0.05) is 10.9 Å². The van der Waals surface area contributed by atoms with Gasteiger partial charge in [0.15, 0.2) is 0 Å². The summed E-state index contributed by atoms with van der Waals surface area (Å²) in [6.07, 6.45) is 0. The van der Waals surface area contributed by atoms with E-state index in [-0.39, 0.29) is 31.0 Å². The molecule has 1 heterocycles. The maximum Gasteiger partial charge on any atom is 0.320 e. The minimum absolute atomic E-state index is 0.0867. The number of ether oxygens (including phenoxy) is 1. The summed E-state index contributed by atoms with van der Waals surface area (Å²) in [7, 11) is 0. The quantitative estimate of drug-likeness (QED) is 0.741. The Labute approximate surface area is 123 Å². The molecule has 0 radical (unpaired) electrons. The third-order valence-electron chi connectivity index (χ3n) is 2.75. The third kappa shape index (κ3) is 6.16. The van der Waals surface area contributed by atoms with Gasteiger partial charge in [0.25, 0.3) is 0 Å². The molecule has 0 aliphatic heterocycles. The maximum absolute atomic E-state index is 11.9. The topological polar surface area (TPSA) is 58.6 Å². The van der Waals surface area contributed by atoms with Crippen molar-refractivity contribution in [2.24, 2.45) is 0 Å². The molecule has 0 fully saturated rings. The Morgan fingerprint density at radius 2 is 2.15 bits per heavy atom. The van der Waals surface area contributed by atoms with Gasteiger partial charge in [-0.2, -0.15) is 0 Å². The van der Waals surface area contributed by atoms with Gasteiger partial charge in [-0.25, -0.2) is 0 Å². The summed E-state index contributed by atoms with van der Waals surface area (Å²) in [5, 5.41) is 4.83. The molecule has 112 valence electrons. The second-order valence-electron chi connectivity index (χ2n) is 4.66. The summed E-state index contributed by atoms with van der Waals surface area (Å²) in [6, 6.07) is 4.03. The van der Waals surface area contributed by atoms with E-state index in [4.69, 9.17) is 4.74 Å². The highest BCUT2D eigenvalue weighted by molar-refractivity contribution is 7.09. The SMILES string of the molecule is CCOC(=O)CN(CC(=O)NCc1cccs1)C(C)C. The van der Waals surface area contributed by atoms with Crippen molar-refractivity contribution in [3.63, 3.8) is 0 Å². The molecule has 1 rings (SSSR count). The summed E-state index contributed by atoms with van der Waals surface area (Å²) in [5.74, 6) is -0.386. The molecule has 0 aliphatic carbocycles. The minimum atomic E-state index is -0.299. The summed E-state index contributed by atoms with van der Waals surface area (Å²) in [6.45, 7) is 6.89. The maximum atomic E-state index is 11.9. The highest BCUT2D eigenvalue weighted by atomic mass is 32.1. The zero-order valence-electron chi connectivity index (χ0n) is 12.2. The lowest BCUT2D eigenvalue weighted by atomic mass is 10.3. The molecule has 0 saturated heterocycles. The number of thiophene rings is 1. The van der Waals surface area contributed by atoms with Crippen molar-refractivity contribution in [1.29, 1.82) is 0 Å². The second kappa shape index (κ2) is 8.71. The Morgan fingerprint density at radius 1 is 1.40 bits per heavy atom. The molecule has 0 atom stereocenters. The van der Waals surface area contributed by atoms with Gasteiger partial charge in [-0.05, 0) is 32.2 Å². The van der Waals surface area contributed by atoms with Crippen LogP contribution in [0, 0.1) is 0 Å². The lowest BCUT2D eigenvalue weighted by Crippen LogP contribution is -2.43. The molecular formula is C14H22N2O3S. The summed E-state index contributed by atoms with van der Waals surface area (Å²) in [4.78, 5) is 26.3. The van der Waals surface area contributed by atoms with Gasteiger partial charge in [-0.1, -0.05) is 6.07 Å². The zero-order valence-corrected chi connectivity index (χ0v) is 13.0. The standard InChI is InChI=1S/C14H22N2O3S/c1-4-19-14(18)10-16(11(2)3)9-13(17)15-8-12-6-5-7-20-12/h5-7,11H,4,8-10H2,1-3H3,(H,15,17). The van der Waals surface area contributed by atoms with Gasteiger partial charge in [0.05, 0.1) is 26.2 Å². The first kappa shape index (κ1) is 16.7. The fraction of sp³-hybridized carbons (Fsp3) is 0.571. The van der Waals surface area contributed by atoms with Gasteiger partial charge in [0.2, 0.25) is 5.91 Å². The molecule has 0 saturated carbocycles. The predicted octanol–water partition coefficient (Wildman–Crippen LogP) is 1.64. The van der Waals surface area contributed by atoms with E-state index in [0.717, 1.165) is 4.88 Å². The second-order valence-corrected chi connectivity index (χ2v) is 5.69. The van der Waals surface area contributed by atoms with Crippen LogP contribution in [-0.4, -0.2) is 42.5 Å². The Kier molecular flexibility index (Phi) is 7.25. The number of esters is 1. The van der Waals surface area contributed by atoms with Gasteiger partial charge >= 0.3 is 5.97 Å². The summed E-state index contributed by atoms with van der Waals surface area (Å²) >= 11 is 1.60. The van der Waals surface area contributed by atoms with Gasteiger partial charge in [-0.15, -0.1) is 11.3 Å². The van der Waals surface area contributed by atoms with E-state index in [1.54, 1.807) is 23.2 Å². The Balaban J connectivity index is 2.40. The van der Waals surface area contributed by atoms with Crippen molar-refractivity contribution in [3.8, 4) is 0 Å². The highest BCUT2D eigenvalue weighted by Crippen LogP contribution is 2.07. The number of carbonyl (C=O) groups is 2. The zero-order chi connectivity index (χ0) is 15.0. The van der Waals surface area contributed by atoms with Crippen LogP contribution in [0.1, 0.15) is 25.6 Å². The van der Waals surface area contributed by atoms with E-state index in [1.807, 2.05) is 31.4 Å². The number of nitrogens with zero attached hydrogens (tertiary/aromatic N) is 1. The van der Waals surface area contributed by atoms with Crippen LogP contribution in [-0.2, 0) is 20.9 Å². The van der Waals surface area contributed by atoms with E-state index in [9.17, 15) is 9.59 Å². The largest absolute Gasteiger partial charge is 0.465 e. The van der Waals surface area contributed by atoms with Crippen molar-refractivity contribution >= 4 is 23.2 Å². The van der Waals surface area contributed by atoms with Gasteiger partial charge in [-0.3, -0.25) is 14.5 Å². The van der Waals surface area contributed by atoms with Crippen molar-refractivity contribution < 1.29 is 14.3 Å². The molecule has 6 heteroatoms. The Bertz CT molecular complexity index is 418. The average molecular weight is 298 g/mol. The third-order valence-corrected chi connectivity index (χ3v) is 3.63. The van der Waals surface area contributed by atoms with Crippen LogP contribution in [0.15, 0.2) is 17.5 Å². The van der Waals surface area contributed by atoms with Crippen LogP contribution in [0.3, 0.4) is 0 Å². The van der Waals surface area contributed by atoms with Crippen LogP contribution >= 0.6 is 11.3 Å². The lowest BCUT2D eigenvalue weighted by molar-refractivity contribution is -0.145. The fourth-order valence-corrected chi connectivity index (χ4v) is 2.28. The monoisotopic (exact) mass is 298 g/mol. The first-order valence-corrected chi connectivity index (χ1v) is 7.59. The molecule has 0 unspecified atom stereocenters. The van der Waals surface area contributed by atoms with Gasteiger partial charge < -0.3 is 10.1 Å². The van der Waals surface area contributed by atoms with E-state index in [0.29, 0.717) is 13.2 Å². The predicted molar refractivity (Wildman–Crippen MR) is 79.5 cm³/mol. The highest BCUT2D eigenvalue weighted by Gasteiger charge is 2.17. The van der Waals surface area contributed by atoms with E-state index >= 15 is 0 Å². The number of hydrogen-bond donors (Lipinski definition) is 1. The van der Waals surface area contributed by atoms with Crippen LogP contribution in [0.5, 0.6) is 0 Å². The van der Waals surface area contributed by atoms with E-state index in [2.05, 4.69) is 5.32 Å². The summed E-state index contributed by atoms with van der Waals surface area (Å²) < 4.78 is 4.91. The molecular weight excluding hydrogens is 276 g/mol. The van der Waals surface area contributed by atoms with Crippen LogP contribution in [0.2, 0.25) is 0 Å². The number of rotatable bonds is 8. The smallest absolute Gasteiger partial charge is 0.320 e. The van der Waals surface area contributed by atoms with Crippen LogP contribution in [0.4, 0.5) is 0 Å². The van der Waals surface area contributed by atoms with Crippen molar-refractivity contribution in [2.45, 2.75) is 33.4 Å². The van der Waals surface area contributed by atoms with Crippen LogP contribution < -0.4 is 5.32 Å². The minimum Gasteiger partial charge on any atom is -0.465 e. The molecule has 20 heavy (non-hydrogen) atoms. The Hall–Kier alpha value is -1.40. The first-order valence-electron chi connectivity index (χ1n) is 6.71. The Morgan fingerprint density at radius 3 is 2.70 bits per heavy atom. The molecule has 5 nitrogen and oxygen atoms in total. The van der Waals surface area contributed by atoms with Crippen molar-refractivity contribution in [3.05, 3.63) is 22.4 Å². The first-order chi connectivity index (χ1) is 9.52. The molecule has 0 spiro atoms. The van der Waals surface area contributed by atoms with Gasteiger partial charge in [0.1, 0.15) is 0 Å². The molecule has 1 aromatic heterocycles. The fourth-order valence-electron chi connectivity index (χ4n) is 1.63. The van der Waals surface area contributed by atoms with E-state index < -0.39 is 0 Å². The molecule has 1 amide bonds. The summed E-state index contributed by atoms with van der Waals surface area (Å²) in [5.41, 5.74) is 0. The average Bonchev–Trinajstić information content (AvgIpc) is 2.89. The lowest BCUT2D eigenvalue weighted by Gasteiger charge is -2.24. The molecule has 0 bridgehead atoms. The van der Waals surface area contributed by atoms with Crippen molar-refractivity contribution in [2.75, 3.05) is 19.7 Å².